The van der Waals surface area contributed by atoms with Crippen molar-refractivity contribution >= 4 is 34.1 Å². The van der Waals surface area contributed by atoms with E-state index in [0.29, 0.717) is 0 Å². The molecule has 0 saturated carbocycles. The number of rotatable bonds is 0. The summed E-state index contributed by atoms with van der Waals surface area (Å²) in [5, 5.41) is 1.84. The maximum atomic E-state index is 10.7. The number of halogens is 1. The van der Waals surface area contributed by atoms with E-state index in [4.69, 9.17) is 0 Å². The number of nitrogens with zero attached hydrogens (tertiary/aromatic N) is 1. The molecule has 0 saturated heterocycles. The number of aryl methyl sites for hydroxylation is 1. The fraction of sp³-hybridized carbons (Fsp3) is 0.250. The maximum absolute atomic E-state index is 10.7. The van der Waals surface area contributed by atoms with Crippen LogP contribution in [0.15, 0.2) is 10.2 Å². The standard InChI is InChI=1S/C4H4INOS/c1-6-4(7)3(5)2-8-6/h2H,1H3. The van der Waals surface area contributed by atoms with Crippen LogP contribution in [0.25, 0.3) is 0 Å². The molecular weight excluding hydrogens is 237 g/mol. The minimum Gasteiger partial charge on any atom is -0.267 e. The Hall–Kier alpha value is 0.160. The molecule has 0 aliphatic rings. The lowest BCUT2D eigenvalue weighted by Crippen LogP contribution is -2.09. The van der Waals surface area contributed by atoms with Gasteiger partial charge in [-0.25, -0.2) is 0 Å². The molecule has 0 spiro atoms. The molecule has 2 nitrogen and oxygen atoms in total. The predicted molar refractivity (Wildman–Crippen MR) is 42.3 cm³/mol. The maximum Gasteiger partial charge on any atom is 0.273 e. The van der Waals surface area contributed by atoms with Gasteiger partial charge in [-0.2, -0.15) is 0 Å². The van der Waals surface area contributed by atoms with E-state index >= 15 is 0 Å². The Bertz CT molecular complexity index is 216. The van der Waals surface area contributed by atoms with Crippen LogP contribution in [0.2, 0.25) is 0 Å². The van der Waals surface area contributed by atoms with Crippen LogP contribution in [0, 0.1) is 3.57 Å². The smallest absolute Gasteiger partial charge is 0.267 e. The predicted octanol–water partition coefficient (Wildman–Crippen LogP) is 1.05. The van der Waals surface area contributed by atoms with Gasteiger partial charge in [0, 0.05) is 12.4 Å². The van der Waals surface area contributed by atoms with Gasteiger partial charge in [0.25, 0.3) is 5.56 Å². The van der Waals surface area contributed by atoms with Crippen LogP contribution in [-0.4, -0.2) is 3.96 Å². The molecule has 0 radical (unpaired) electrons. The van der Waals surface area contributed by atoms with Crippen LogP contribution >= 0.6 is 34.1 Å². The lowest BCUT2D eigenvalue weighted by atomic mass is 10.7. The van der Waals surface area contributed by atoms with Crippen molar-refractivity contribution in [3.63, 3.8) is 0 Å². The second-order valence-electron chi connectivity index (χ2n) is 1.37. The van der Waals surface area contributed by atoms with Gasteiger partial charge in [0.2, 0.25) is 0 Å². The largest absolute Gasteiger partial charge is 0.273 e. The van der Waals surface area contributed by atoms with Crippen molar-refractivity contribution in [2.75, 3.05) is 0 Å². The zero-order chi connectivity index (χ0) is 6.15. The minimum atomic E-state index is 0.107. The monoisotopic (exact) mass is 241 g/mol. The van der Waals surface area contributed by atoms with Gasteiger partial charge >= 0.3 is 0 Å². The van der Waals surface area contributed by atoms with E-state index in [1.54, 1.807) is 11.0 Å². The second kappa shape index (κ2) is 2.18. The summed E-state index contributed by atoms with van der Waals surface area (Å²) in [5.74, 6) is 0. The number of aromatic nitrogens is 1. The molecule has 0 fully saturated rings. The van der Waals surface area contributed by atoms with Crippen LogP contribution in [-0.2, 0) is 7.05 Å². The van der Waals surface area contributed by atoms with E-state index in [9.17, 15) is 4.79 Å². The molecular formula is C4H4INOS. The highest BCUT2D eigenvalue weighted by Crippen LogP contribution is 2.00. The molecule has 0 aliphatic carbocycles. The van der Waals surface area contributed by atoms with Crippen molar-refractivity contribution in [1.82, 2.24) is 3.96 Å². The third-order valence-electron chi connectivity index (χ3n) is 0.805. The fourth-order valence-electron chi connectivity index (χ4n) is 0.374. The summed E-state index contributed by atoms with van der Waals surface area (Å²) in [6, 6.07) is 0. The molecule has 8 heavy (non-hydrogen) atoms. The fourth-order valence-corrected chi connectivity index (χ4v) is 1.79. The van der Waals surface area contributed by atoms with Gasteiger partial charge in [-0.3, -0.25) is 8.75 Å². The summed E-state index contributed by atoms with van der Waals surface area (Å²) in [7, 11) is 1.76. The van der Waals surface area contributed by atoms with Crippen LogP contribution in [0.5, 0.6) is 0 Å². The molecule has 0 aliphatic heterocycles. The third kappa shape index (κ3) is 0.947. The highest BCUT2D eigenvalue weighted by atomic mass is 127. The van der Waals surface area contributed by atoms with Crippen molar-refractivity contribution in [1.29, 1.82) is 0 Å². The molecule has 0 aromatic carbocycles. The molecule has 0 unspecified atom stereocenters. The molecule has 44 valence electrons. The molecule has 1 aromatic heterocycles. The van der Waals surface area contributed by atoms with Gasteiger partial charge in [0.1, 0.15) is 0 Å². The van der Waals surface area contributed by atoms with E-state index in [0.717, 1.165) is 3.57 Å². The average molecular weight is 241 g/mol. The Morgan fingerprint density at radius 1 is 1.88 bits per heavy atom. The Kier molecular flexibility index (Phi) is 1.71. The third-order valence-corrected chi connectivity index (χ3v) is 2.82. The normalized spacial score (nSPS) is 9.75. The first-order valence-electron chi connectivity index (χ1n) is 2.02. The van der Waals surface area contributed by atoms with E-state index < -0.39 is 0 Å². The lowest BCUT2D eigenvalue weighted by molar-refractivity contribution is 0.974. The van der Waals surface area contributed by atoms with Crippen LogP contribution in [0.1, 0.15) is 0 Å². The van der Waals surface area contributed by atoms with Gasteiger partial charge in [-0.05, 0) is 22.6 Å². The summed E-state index contributed by atoms with van der Waals surface area (Å²) in [4.78, 5) is 10.7. The lowest BCUT2D eigenvalue weighted by Gasteiger charge is -1.77. The number of hydrogen-bond donors (Lipinski definition) is 0. The summed E-state index contributed by atoms with van der Waals surface area (Å²) >= 11 is 3.45. The molecule has 0 N–H and O–H groups in total. The van der Waals surface area contributed by atoms with E-state index in [1.165, 1.54) is 11.5 Å². The van der Waals surface area contributed by atoms with Crippen LogP contribution in [0.4, 0.5) is 0 Å². The molecule has 0 bridgehead atoms. The summed E-state index contributed by atoms with van der Waals surface area (Å²) in [6.45, 7) is 0. The van der Waals surface area contributed by atoms with Gasteiger partial charge in [0.05, 0.1) is 3.57 Å². The van der Waals surface area contributed by atoms with Crippen LogP contribution < -0.4 is 5.56 Å². The molecule has 1 aromatic rings. The Morgan fingerprint density at radius 2 is 2.50 bits per heavy atom. The topological polar surface area (TPSA) is 22.0 Å². The zero-order valence-corrected chi connectivity index (χ0v) is 7.19. The van der Waals surface area contributed by atoms with Gasteiger partial charge in [-0.1, -0.05) is 11.5 Å². The molecule has 0 amide bonds. The highest BCUT2D eigenvalue weighted by molar-refractivity contribution is 14.1. The molecule has 4 heteroatoms. The zero-order valence-electron chi connectivity index (χ0n) is 4.22. The van der Waals surface area contributed by atoms with Crippen molar-refractivity contribution in [2.45, 2.75) is 0 Å². The molecule has 1 rings (SSSR count). The molecule has 1 heterocycles. The van der Waals surface area contributed by atoms with Crippen molar-refractivity contribution < 1.29 is 0 Å². The Balaban J connectivity index is 3.42. The van der Waals surface area contributed by atoms with Crippen molar-refractivity contribution in [3.05, 3.63) is 19.3 Å². The van der Waals surface area contributed by atoms with Gasteiger partial charge in [-0.15, -0.1) is 0 Å². The Morgan fingerprint density at radius 3 is 2.62 bits per heavy atom. The Labute approximate surface area is 64.4 Å². The summed E-state index contributed by atoms with van der Waals surface area (Å²) in [5.41, 5.74) is 0.107. The molecule has 0 atom stereocenters. The SMILES string of the molecule is Cn1scc(I)c1=O. The minimum absolute atomic E-state index is 0.107. The first-order chi connectivity index (χ1) is 3.72. The average Bonchev–Trinajstić information content (AvgIpc) is 1.98. The number of hydrogen-bond acceptors (Lipinski definition) is 2. The quantitative estimate of drug-likeness (QED) is 0.622. The highest BCUT2D eigenvalue weighted by Gasteiger charge is 1.95. The van der Waals surface area contributed by atoms with Crippen molar-refractivity contribution in [3.8, 4) is 0 Å². The van der Waals surface area contributed by atoms with Gasteiger partial charge in [0.15, 0.2) is 0 Å². The van der Waals surface area contributed by atoms with Crippen molar-refractivity contribution in [2.24, 2.45) is 7.05 Å². The first kappa shape index (κ1) is 6.28. The van der Waals surface area contributed by atoms with Crippen LogP contribution in [0.3, 0.4) is 0 Å². The van der Waals surface area contributed by atoms with E-state index in [2.05, 4.69) is 0 Å². The first-order valence-corrected chi connectivity index (χ1v) is 3.94. The van der Waals surface area contributed by atoms with E-state index in [-0.39, 0.29) is 5.56 Å². The van der Waals surface area contributed by atoms with Gasteiger partial charge < -0.3 is 0 Å². The van der Waals surface area contributed by atoms with E-state index in [1.807, 2.05) is 28.0 Å². The summed E-state index contributed by atoms with van der Waals surface area (Å²) in [6.07, 6.45) is 0. The second-order valence-corrected chi connectivity index (χ2v) is 3.53. The summed E-state index contributed by atoms with van der Waals surface area (Å²) < 4.78 is 2.40.